The normalized spacial score (nSPS) is 16.6. The maximum Gasteiger partial charge on any atom is 0.212 e. The first-order chi connectivity index (χ1) is 4.87. The first-order valence-electron chi connectivity index (χ1n) is 2.64. The van der Waals surface area contributed by atoms with Crippen molar-refractivity contribution in [1.82, 2.24) is 0 Å². The number of alkyl halides is 3. The van der Waals surface area contributed by atoms with Crippen LogP contribution in [0.25, 0.3) is 0 Å². The van der Waals surface area contributed by atoms with E-state index in [1.54, 1.807) is 0 Å². The summed E-state index contributed by atoms with van der Waals surface area (Å²) in [5.41, 5.74) is 0. The number of allylic oxidation sites excluding steroid dienone is 1. The molecule has 0 radical (unpaired) electrons. The highest BCUT2D eigenvalue weighted by Gasteiger charge is 2.19. The minimum Gasteiger partial charge on any atom is -0.510 e. The molecule has 3 nitrogen and oxygen atoms in total. The van der Waals surface area contributed by atoms with E-state index < -0.39 is 22.3 Å². The summed E-state index contributed by atoms with van der Waals surface area (Å²) < 4.78 is -1.76. The van der Waals surface area contributed by atoms with E-state index in [1.165, 1.54) is 0 Å². The Hall–Kier alpha value is 0.330. The standard InChI is InChI=1S/C5H7Cl3O3/c6-5(7,8)1-3(10)4(11)2-9/h1,4,9-11H,2H2. The van der Waals surface area contributed by atoms with Gasteiger partial charge in [0.15, 0.2) is 0 Å². The van der Waals surface area contributed by atoms with Crippen LogP contribution < -0.4 is 0 Å². The fourth-order valence-electron chi connectivity index (χ4n) is 0.357. The van der Waals surface area contributed by atoms with Crippen molar-refractivity contribution >= 4 is 34.8 Å². The quantitative estimate of drug-likeness (QED) is 0.484. The van der Waals surface area contributed by atoms with Crippen LogP contribution in [0.4, 0.5) is 0 Å². The number of hydrogen-bond acceptors (Lipinski definition) is 3. The molecule has 0 saturated carbocycles. The Morgan fingerprint density at radius 2 is 1.91 bits per heavy atom. The van der Waals surface area contributed by atoms with Crippen LogP contribution in [0.5, 0.6) is 0 Å². The van der Waals surface area contributed by atoms with E-state index in [9.17, 15) is 0 Å². The zero-order valence-electron chi connectivity index (χ0n) is 5.34. The Bertz CT molecular complexity index is 152. The second kappa shape index (κ2) is 4.38. The SMILES string of the molecule is OCC(O)C(O)=CC(Cl)(Cl)Cl. The lowest BCUT2D eigenvalue weighted by atomic mass is 10.3. The van der Waals surface area contributed by atoms with Gasteiger partial charge in [0, 0.05) is 6.08 Å². The molecule has 0 fully saturated rings. The van der Waals surface area contributed by atoms with Gasteiger partial charge >= 0.3 is 0 Å². The Kier molecular flexibility index (Phi) is 4.51. The third-order valence-electron chi connectivity index (χ3n) is 0.826. The van der Waals surface area contributed by atoms with Crippen LogP contribution in [0.15, 0.2) is 11.8 Å². The Morgan fingerprint density at radius 3 is 2.18 bits per heavy atom. The second-order valence-electron chi connectivity index (χ2n) is 1.81. The van der Waals surface area contributed by atoms with Gasteiger partial charge in [0.1, 0.15) is 11.9 Å². The van der Waals surface area contributed by atoms with Crippen molar-refractivity contribution in [1.29, 1.82) is 0 Å². The van der Waals surface area contributed by atoms with E-state index in [0.29, 0.717) is 0 Å². The maximum atomic E-state index is 8.85. The summed E-state index contributed by atoms with van der Waals surface area (Å²) in [7, 11) is 0. The van der Waals surface area contributed by atoms with E-state index in [4.69, 9.17) is 50.1 Å². The average Bonchev–Trinajstić information content (AvgIpc) is 1.82. The zero-order chi connectivity index (χ0) is 9.07. The summed E-state index contributed by atoms with van der Waals surface area (Å²) in [6, 6.07) is 0. The molecule has 0 aliphatic carbocycles. The molecule has 1 unspecified atom stereocenters. The highest BCUT2D eigenvalue weighted by atomic mass is 35.6. The van der Waals surface area contributed by atoms with Crippen molar-refractivity contribution in [2.75, 3.05) is 6.61 Å². The summed E-state index contributed by atoms with van der Waals surface area (Å²) in [6.45, 7) is -0.622. The first kappa shape index (κ1) is 11.3. The largest absolute Gasteiger partial charge is 0.510 e. The molecular weight excluding hydrogens is 214 g/mol. The van der Waals surface area contributed by atoms with Crippen molar-refractivity contribution in [2.45, 2.75) is 9.90 Å². The van der Waals surface area contributed by atoms with Crippen LogP contribution >= 0.6 is 34.8 Å². The first-order valence-corrected chi connectivity index (χ1v) is 3.77. The van der Waals surface area contributed by atoms with Crippen molar-refractivity contribution in [3.05, 3.63) is 11.8 Å². The highest BCUT2D eigenvalue weighted by Crippen LogP contribution is 2.28. The smallest absolute Gasteiger partial charge is 0.212 e. The number of hydrogen-bond donors (Lipinski definition) is 3. The Morgan fingerprint density at radius 1 is 1.45 bits per heavy atom. The van der Waals surface area contributed by atoms with Crippen LogP contribution in [-0.2, 0) is 0 Å². The molecule has 0 amide bonds. The number of rotatable bonds is 2. The van der Waals surface area contributed by atoms with Crippen molar-refractivity contribution < 1.29 is 15.3 Å². The predicted octanol–water partition coefficient (Wildman–Crippen LogP) is 1.15. The number of aliphatic hydroxyl groups is 3. The third-order valence-corrected chi connectivity index (χ3v) is 1.15. The molecule has 0 aromatic carbocycles. The summed E-state index contributed by atoms with van der Waals surface area (Å²) in [6.07, 6.45) is -0.580. The van der Waals surface area contributed by atoms with Gasteiger partial charge in [0.25, 0.3) is 0 Å². The van der Waals surface area contributed by atoms with Gasteiger partial charge in [-0.05, 0) is 0 Å². The van der Waals surface area contributed by atoms with Crippen LogP contribution in [0.1, 0.15) is 0 Å². The molecule has 0 bridgehead atoms. The molecule has 1 atom stereocenters. The summed E-state index contributed by atoms with van der Waals surface area (Å²) >= 11 is 15.7. The van der Waals surface area contributed by atoms with Crippen molar-refractivity contribution in [2.24, 2.45) is 0 Å². The minimum atomic E-state index is -1.76. The molecule has 0 rings (SSSR count). The maximum absolute atomic E-state index is 8.85. The van der Waals surface area contributed by atoms with Gasteiger partial charge in [-0.25, -0.2) is 0 Å². The lowest BCUT2D eigenvalue weighted by Crippen LogP contribution is -2.16. The molecule has 3 N–H and O–H groups in total. The van der Waals surface area contributed by atoms with Crippen LogP contribution in [-0.4, -0.2) is 31.8 Å². The molecular formula is C5H7Cl3O3. The van der Waals surface area contributed by atoms with E-state index in [-0.39, 0.29) is 0 Å². The molecule has 0 aromatic heterocycles. The van der Waals surface area contributed by atoms with Gasteiger partial charge < -0.3 is 15.3 Å². The van der Waals surface area contributed by atoms with Gasteiger partial charge in [-0.3, -0.25) is 0 Å². The monoisotopic (exact) mass is 220 g/mol. The average molecular weight is 221 g/mol. The highest BCUT2D eigenvalue weighted by molar-refractivity contribution is 6.68. The van der Waals surface area contributed by atoms with E-state index in [0.717, 1.165) is 6.08 Å². The minimum absolute atomic E-state index is 0.562. The number of halogens is 3. The molecule has 0 aromatic rings. The summed E-state index contributed by atoms with van der Waals surface area (Å²) in [4.78, 5) is 0. The third kappa shape index (κ3) is 5.58. The molecule has 6 heteroatoms. The van der Waals surface area contributed by atoms with E-state index in [1.807, 2.05) is 0 Å². The molecule has 0 saturated heterocycles. The van der Waals surface area contributed by atoms with Gasteiger partial charge in [-0.1, -0.05) is 34.8 Å². The van der Waals surface area contributed by atoms with E-state index in [2.05, 4.69) is 0 Å². The summed E-state index contributed by atoms with van der Waals surface area (Å²) in [5, 5.41) is 25.9. The van der Waals surface area contributed by atoms with Crippen LogP contribution in [0, 0.1) is 0 Å². The molecule has 0 spiro atoms. The molecule has 0 aliphatic rings. The Labute approximate surface area is 78.8 Å². The zero-order valence-corrected chi connectivity index (χ0v) is 7.61. The lowest BCUT2D eigenvalue weighted by molar-refractivity contribution is 0.0868. The van der Waals surface area contributed by atoms with Gasteiger partial charge in [-0.2, -0.15) is 0 Å². The van der Waals surface area contributed by atoms with Gasteiger partial charge in [0.2, 0.25) is 3.79 Å². The fraction of sp³-hybridized carbons (Fsp3) is 0.600. The number of aliphatic hydroxyl groups excluding tert-OH is 3. The molecule has 0 heterocycles. The summed E-state index contributed by atoms with van der Waals surface area (Å²) in [5.74, 6) is -0.562. The van der Waals surface area contributed by atoms with Crippen molar-refractivity contribution in [3.8, 4) is 0 Å². The molecule has 66 valence electrons. The molecule has 0 aliphatic heterocycles. The van der Waals surface area contributed by atoms with Gasteiger partial charge in [-0.15, -0.1) is 0 Å². The second-order valence-corrected chi connectivity index (χ2v) is 4.18. The molecule has 11 heavy (non-hydrogen) atoms. The topological polar surface area (TPSA) is 60.7 Å². The Balaban J connectivity index is 4.22. The fourth-order valence-corrected chi connectivity index (χ4v) is 0.693. The lowest BCUT2D eigenvalue weighted by Gasteiger charge is -2.09. The van der Waals surface area contributed by atoms with E-state index >= 15 is 0 Å². The van der Waals surface area contributed by atoms with Crippen molar-refractivity contribution in [3.63, 3.8) is 0 Å². The predicted molar refractivity (Wildman–Crippen MR) is 44.1 cm³/mol. The van der Waals surface area contributed by atoms with Crippen LogP contribution in [0.2, 0.25) is 0 Å². The van der Waals surface area contributed by atoms with Gasteiger partial charge in [0.05, 0.1) is 6.61 Å². The van der Waals surface area contributed by atoms with Crippen LogP contribution in [0.3, 0.4) is 0 Å².